The molecule has 0 unspecified atom stereocenters. The average molecular weight is 519 g/mol. The van der Waals surface area contributed by atoms with E-state index in [1.807, 2.05) is 67.0 Å². The highest BCUT2D eigenvalue weighted by Crippen LogP contribution is 2.32. The fourth-order valence-corrected chi connectivity index (χ4v) is 4.59. The summed E-state index contributed by atoms with van der Waals surface area (Å²) in [6.45, 7) is 2.61. The van der Waals surface area contributed by atoms with Gasteiger partial charge in [-0.1, -0.05) is 97.1 Å². The molecule has 0 saturated heterocycles. The van der Waals surface area contributed by atoms with E-state index in [4.69, 9.17) is 19.2 Å². The first-order valence-electron chi connectivity index (χ1n) is 13.4. The van der Waals surface area contributed by atoms with E-state index in [1.165, 1.54) is 5.56 Å². The molecule has 0 atom stereocenters. The molecule has 4 aromatic carbocycles. The third-order valence-corrected chi connectivity index (χ3v) is 6.60. The van der Waals surface area contributed by atoms with Crippen molar-refractivity contribution in [3.05, 3.63) is 127 Å². The fourth-order valence-electron chi connectivity index (χ4n) is 4.59. The molecule has 1 heterocycles. The third kappa shape index (κ3) is 6.95. The molecule has 5 rings (SSSR count). The first-order chi connectivity index (χ1) is 19.3. The highest BCUT2D eigenvalue weighted by Gasteiger charge is 2.14. The Bertz CT molecular complexity index is 1430. The van der Waals surface area contributed by atoms with Gasteiger partial charge in [0.05, 0.1) is 31.4 Å². The Morgan fingerprint density at radius 3 is 2.08 bits per heavy atom. The van der Waals surface area contributed by atoms with Crippen LogP contribution in [0.15, 0.2) is 116 Å². The van der Waals surface area contributed by atoms with Crippen LogP contribution in [-0.2, 0) is 24.5 Å². The first-order valence-corrected chi connectivity index (χ1v) is 13.4. The molecule has 5 heteroatoms. The molecule has 0 N–H and O–H groups in total. The lowest BCUT2D eigenvalue weighted by Gasteiger charge is -2.13. The van der Waals surface area contributed by atoms with E-state index in [9.17, 15) is 0 Å². The van der Waals surface area contributed by atoms with Crippen LogP contribution in [0.1, 0.15) is 24.0 Å². The zero-order valence-corrected chi connectivity index (χ0v) is 22.3. The summed E-state index contributed by atoms with van der Waals surface area (Å²) in [6.07, 6.45) is 3.92. The lowest BCUT2D eigenvalue weighted by atomic mass is 10.0. The number of unbranched alkanes of at least 4 members (excludes halogenated alkanes) is 1. The Balaban J connectivity index is 1.13. The highest BCUT2D eigenvalue weighted by atomic mass is 16.5. The molecule has 0 saturated carbocycles. The number of nitrogens with zero attached hydrogens (tertiary/aromatic N) is 2. The second-order valence-corrected chi connectivity index (χ2v) is 9.39. The molecular weight excluding hydrogens is 484 g/mol. The van der Waals surface area contributed by atoms with E-state index in [1.54, 1.807) is 7.11 Å². The van der Waals surface area contributed by atoms with Crippen LogP contribution in [-0.4, -0.2) is 23.3 Å². The van der Waals surface area contributed by atoms with E-state index in [2.05, 4.69) is 53.1 Å². The summed E-state index contributed by atoms with van der Waals surface area (Å²) < 4.78 is 19.8. The van der Waals surface area contributed by atoms with Crippen molar-refractivity contribution in [1.29, 1.82) is 0 Å². The SMILES string of the molecule is COc1cc(COCCCCn2cnc(-c3ccccc3)c2-c2ccccc2)ccc1OCc1ccccc1. The second kappa shape index (κ2) is 13.4. The van der Waals surface area contributed by atoms with E-state index in [0.29, 0.717) is 19.8 Å². The van der Waals surface area contributed by atoms with Crippen LogP contribution in [0.4, 0.5) is 0 Å². The summed E-state index contributed by atoms with van der Waals surface area (Å²) in [5, 5.41) is 0. The van der Waals surface area contributed by atoms with Gasteiger partial charge in [0.1, 0.15) is 6.61 Å². The molecule has 0 amide bonds. The highest BCUT2D eigenvalue weighted by molar-refractivity contribution is 5.78. The molecule has 0 aliphatic heterocycles. The molecule has 0 radical (unpaired) electrons. The standard InChI is InChI=1S/C34H34N2O3/c1-37-32-23-28(19-20-31(32)39-25-27-13-5-2-6-14-27)24-38-22-12-11-21-36-26-35-33(29-15-7-3-8-16-29)34(36)30-17-9-4-10-18-30/h2-10,13-20,23,26H,11-12,21-22,24-25H2,1H3. The number of hydrogen-bond donors (Lipinski definition) is 0. The zero-order chi connectivity index (χ0) is 26.7. The van der Waals surface area contributed by atoms with Crippen LogP contribution < -0.4 is 9.47 Å². The quantitative estimate of drug-likeness (QED) is 0.149. The number of aryl methyl sites for hydroxylation is 1. The molecule has 0 fully saturated rings. The molecule has 0 spiro atoms. The van der Waals surface area contributed by atoms with Gasteiger partial charge in [-0.15, -0.1) is 0 Å². The van der Waals surface area contributed by atoms with Gasteiger partial charge in [-0.2, -0.15) is 0 Å². The van der Waals surface area contributed by atoms with Crippen LogP contribution in [0.5, 0.6) is 11.5 Å². The normalized spacial score (nSPS) is 10.9. The van der Waals surface area contributed by atoms with Crippen molar-refractivity contribution in [3.63, 3.8) is 0 Å². The Morgan fingerprint density at radius 2 is 1.36 bits per heavy atom. The predicted molar refractivity (Wildman–Crippen MR) is 156 cm³/mol. The molecule has 1 aromatic heterocycles. The van der Waals surface area contributed by atoms with E-state index >= 15 is 0 Å². The van der Waals surface area contributed by atoms with Gasteiger partial charge in [0.2, 0.25) is 0 Å². The Kier molecular flexibility index (Phi) is 9.06. The van der Waals surface area contributed by atoms with Gasteiger partial charge < -0.3 is 18.8 Å². The monoisotopic (exact) mass is 518 g/mol. The van der Waals surface area contributed by atoms with Crippen molar-refractivity contribution in [3.8, 4) is 34.0 Å². The van der Waals surface area contributed by atoms with Crippen molar-refractivity contribution in [2.24, 2.45) is 0 Å². The first kappa shape index (κ1) is 26.3. The topological polar surface area (TPSA) is 45.5 Å². The third-order valence-electron chi connectivity index (χ3n) is 6.60. The van der Waals surface area contributed by atoms with E-state index in [0.717, 1.165) is 59.0 Å². The minimum Gasteiger partial charge on any atom is -0.493 e. The van der Waals surface area contributed by atoms with E-state index < -0.39 is 0 Å². The number of benzene rings is 4. The molecular formula is C34H34N2O3. The number of rotatable bonds is 13. The van der Waals surface area contributed by atoms with Crippen LogP contribution >= 0.6 is 0 Å². The van der Waals surface area contributed by atoms with Crippen LogP contribution in [0.25, 0.3) is 22.5 Å². The average Bonchev–Trinajstić information content (AvgIpc) is 3.43. The maximum absolute atomic E-state index is 5.99. The van der Waals surface area contributed by atoms with Gasteiger partial charge in [0, 0.05) is 24.3 Å². The minimum absolute atomic E-state index is 0.503. The lowest BCUT2D eigenvalue weighted by Crippen LogP contribution is -2.03. The summed E-state index contributed by atoms with van der Waals surface area (Å²) >= 11 is 0. The molecule has 5 aromatic rings. The summed E-state index contributed by atoms with van der Waals surface area (Å²) in [5.74, 6) is 1.45. The Labute approximate surface area is 230 Å². The molecule has 5 nitrogen and oxygen atoms in total. The van der Waals surface area contributed by atoms with Gasteiger partial charge in [-0.3, -0.25) is 0 Å². The van der Waals surface area contributed by atoms with Crippen molar-refractivity contribution in [2.45, 2.75) is 32.6 Å². The number of methoxy groups -OCH3 is 1. The summed E-state index contributed by atoms with van der Waals surface area (Å²) in [4.78, 5) is 4.78. The Hall–Kier alpha value is -4.35. The van der Waals surface area contributed by atoms with Crippen LogP contribution in [0.2, 0.25) is 0 Å². The van der Waals surface area contributed by atoms with Crippen molar-refractivity contribution in [2.75, 3.05) is 13.7 Å². The fraction of sp³-hybridized carbons (Fsp3) is 0.206. The minimum atomic E-state index is 0.503. The molecule has 0 bridgehead atoms. The van der Waals surface area contributed by atoms with Gasteiger partial charge in [-0.05, 0) is 36.1 Å². The number of aromatic nitrogens is 2. The van der Waals surface area contributed by atoms with Gasteiger partial charge in [-0.25, -0.2) is 4.98 Å². The predicted octanol–water partition coefficient (Wildman–Crippen LogP) is 7.80. The van der Waals surface area contributed by atoms with Gasteiger partial charge >= 0.3 is 0 Å². The number of ether oxygens (including phenoxy) is 3. The summed E-state index contributed by atoms with van der Waals surface area (Å²) in [7, 11) is 1.67. The maximum Gasteiger partial charge on any atom is 0.161 e. The van der Waals surface area contributed by atoms with Gasteiger partial charge in [0.25, 0.3) is 0 Å². The second-order valence-electron chi connectivity index (χ2n) is 9.39. The number of hydrogen-bond acceptors (Lipinski definition) is 4. The van der Waals surface area contributed by atoms with Crippen LogP contribution in [0, 0.1) is 0 Å². The number of imidazole rings is 1. The van der Waals surface area contributed by atoms with E-state index in [-0.39, 0.29) is 0 Å². The summed E-state index contributed by atoms with van der Waals surface area (Å²) in [6, 6.07) is 37.0. The maximum atomic E-state index is 5.99. The van der Waals surface area contributed by atoms with Crippen molar-refractivity contribution in [1.82, 2.24) is 9.55 Å². The molecule has 39 heavy (non-hydrogen) atoms. The molecule has 0 aliphatic carbocycles. The molecule has 198 valence electrons. The zero-order valence-electron chi connectivity index (χ0n) is 22.3. The van der Waals surface area contributed by atoms with Gasteiger partial charge in [0.15, 0.2) is 11.5 Å². The largest absolute Gasteiger partial charge is 0.493 e. The van der Waals surface area contributed by atoms with Crippen molar-refractivity contribution >= 4 is 0 Å². The van der Waals surface area contributed by atoms with Crippen molar-refractivity contribution < 1.29 is 14.2 Å². The Morgan fingerprint density at radius 1 is 0.667 bits per heavy atom. The smallest absolute Gasteiger partial charge is 0.161 e. The molecule has 0 aliphatic rings. The lowest BCUT2D eigenvalue weighted by molar-refractivity contribution is 0.116. The van der Waals surface area contributed by atoms with Crippen LogP contribution in [0.3, 0.4) is 0 Å². The summed E-state index contributed by atoms with van der Waals surface area (Å²) in [5.41, 5.74) is 6.66.